The van der Waals surface area contributed by atoms with E-state index in [9.17, 15) is 13.2 Å². The molecule has 90 valence electrons. The molecule has 0 N–H and O–H groups in total. The summed E-state index contributed by atoms with van der Waals surface area (Å²) in [5, 5.41) is 0. The number of alkyl halides is 3. The summed E-state index contributed by atoms with van der Waals surface area (Å²) in [5.74, 6) is 0.0726. The molecule has 0 amide bonds. The molecular weight excluding hydrogens is 213 g/mol. The van der Waals surface area contributed by atoms with Gasteiger partial charge in [-0.1, -0.05) is 36.8 Å². The van der Waals surface area contributed by atoms with Crippen LogP contribution in [0.1, 0.15) is 30.9 Å². The quantitative estimate of drug-likeness (QED) is 0.713. The molecule has 1 aromatic carbocycles. The molecule has 1 unspecified atom stereocenters. The number of hydrogen-bond acceptors (Lipinski definition) is 0. The zero-order chi connectivity index (χ0) is 12.2. The van der Waals surface area contributed by atoms with Gasteiger partial charge in [-0.15, -0.1) is 0 Å². The summed E-state index contributed by atoms with van der Waals surface area (Å²) in [7, 11) is 0. The molecule has 0 bridgehead atoms. The van der Waals surface area contributed by atoms with Gasteiger partial charge in [-0.05, 0) is 31.2 Å². The van der Waals surface area contributed by atoms with E-state index in [-0.39, 0.29) is 12.3 Å². The van der Waals surface area contributed by atoms with Gasteiger partial charge in [0, 0.05) is 6.42 Å². The molecule has 0 spiro atoms. The summed E-state index contributed by atoms with van der Waals surface area (Å²) in [6.07, 6.45) is -3.78. The van der Waals surface area contributed by atoms with Crippen LogP contribution in [0, 0.1) is 12.8 Å². The van der Waals surface area contributed by atoms with E-state index in [2.05, 4.69) is 0 Å². The third kappa shape index (κ3) is 5.19. The number of rotatable bonds is 4. The molecule has 0 fully saturated rings. The molecule has 0 heterocycles. The van der Waals surface area contributed by atoms with E-state index in [1.165, 1.54) is 0 Å². The third-order valence-electron chi connectivity index (χ3n) is 2.59. The fourth-order valence-corrected chi connectivity index (χ4v) is 1.75. The highest BCUT2D eigenvalue weighted by Crippen LogP contribution is 2.25. The lowest BCUT2D eigenvalue weighted by molar-refractivity contribution is -0.137. The van der Waals surface area contributed by atoms with Gasteiger partial charge in [0.2, 0.25) is 0 Å². The molecular formula is C13H17F3. The number of benzene rings is 1. The van der Waals surface area contributed by atoms with Gasteiger partial charge >= 0.3 is 6.18 Å². The Bertz CT molecular complexity index is 328. The fraction of sp³-hybridized carbons (Fsp3) is 0.538. The number of hydrogen-bond donors (Lipinski definition) is 0. The van der Waals surface area contributed by atoms with Crippen LogP contribution in [-0.4, -0.2) is 6.18 Å². The zero-order valence-corrected chi connectivity index (χ0v) is 9.64. The zero-order valence-electron chi connectivity index (χ0n) is 9.64. The number of halogens is 3. The van der Waals surface area contributed by atoms with Crippen LogP contribution in [0.25, 0.3) is 0 Å². The van der Waals surface area contributed by atoms with Gasteiger partial charge in [0.1, 0.15) is 0 Å². The van der Waals surface area contributed by atoms with Gasteiger partial charge < -0.3 is 0 Å². The highest BCUT2D eigenvalue weighted by Gasteiger charge is 2.27. The Kier molecular flexibility index (Phi) is 4.39. The van der Waals surface area contributed by atoms with Gasteiger partial charge in [-0.3, -0.25) is 0 Å². The average Bonchev–Trinajstić information content (AvgIpc) is 2.14. The third-order valence-corrected chi connectivity index (χ3v) is 2.59. The molecule has 1 atom stereocenters. The molecule has 0 aromatic heterocycles. The maximum Gasteiger partial charge on any atom is 0.389 e. The van der Waals surface area contributed by atoms with Crippen molar-refractivity contribution in [3.63, 3.8) is 0 Å². The minimum absolute atomic E-state index is 0.0726. The Hall–Kier alpha value is -0.990. The molecule has 0 aliphatic heterocycles. The molecule has 0 saturated carbocycles. The summed E-state index contributed by atoms with van der Waals surface area (Å²) in [6.45, 7) is 3.86. The minimum Gasteiger partial charge on any atom is -0.171 e. The van der Waals surface area contributed by atoms with Gasteiger partial charge in [0.25, 0.3) is 0 Å². The predicted molar refractivity (Wildman–Crippen MR) is 59.3 cm³/mol. The lowest BCUT2D eigenvalue weighted by Crippen LogP contribution is -2.10. The lowest BCUT2D eigenvalue weighted by atomic mass is 9.96. The summed E-state index contributed by atoms with van der Waals surface area (Å²) < 4.78 is 36.1. The maximum absolute atomic E-state index is 12.0. The minimum atomic E-state index is -4.03. The normalized spacial score (nSPS) is 13.8. The summed E-state index contributed by atoms with van der Waals surface area (Å²) in [6, 6.07) is 7.94. The second-order valence-electron chi connectivity index (χ2n) is 4.45. The van der Waals surface area contributed by atoms with Gasteiger partial charge in [0.05, 0.1) is 0 Å². The summed E-state index contributed by atoms with van der Waals surface area (Å²) >= 11 is 0. The Balaban J connectivity index is 2.43. The van der Waals surface area contributed by atoms with Crippen LogP contribution in [-0.2, 0) is 6.42 Å². The molecule has 0 radical (unpaired) electrons. The van der Waals surface area contributed by atoms with E-state index in [0.29, 0.717) is 0 Å². The summed E-state index contributed by atoms with van der Waals surface area (Å²) in [5.41, 5.74) is 2.27. The van der Waals surface area contributed by atoms with Crippen LogP contribution in [0.3, 0.4) is 0 Å². The second-order valence-corrected chi connectivity index (χ2v) is 4.45. The van der Waals surface area contributed by atoms with Gasteiger partial charge in [-0.2, -0.15) is 13.2 Å². The first-order valence-corrected chi connectivity index (χ1v) is 5.49. The van der Waals surface area contributed by atoms with E-state index in [0.717, 1.165) is 17.5 Å². The Morgan fingerprint density at radius 1 is 1.25 bits per heavy atom. The standard InChI is InChI=1S/C13H17F3/c1-10-4-3-5-12(8-10)9-11(2)6-7-13(14,15)16/h3-5,8,11H,6-7,9H2,1-2H3. The largest absolute Gasteiger partial charge is 0.389 e. The Morgan fingerprint density at radius 3 is 2.50 bits per heavy atom. The summed E-state index contributed by atoms with van der Waals surface area (Å²) in [4.78, 5) is 0. The van der Waals surface area contributed by atoms with Crippen molar-refractivity contribution < 1.29 is 13.2 Å². The van der Waals surface area contributed by atoms with E-state index in [1.807, 2.05) is 38.1 Å². The van der Waals surface area contributed by atoms with Crippen LogP contribution in [0.5, 0.6) is 0 Å². The van der Waals surface area contributed by atoms with Crippen molar-refractivity contribution in [1.82, 2.24) is 0 Å². The molecule has 0 aliphatic carbocycles. The molecule has 3 heteroatoms. The SMILES string of the molecule is Cc1cccc(CC(C)CCC(F)(F)F)c1. The van der Waals surface area contributed by atoms with Crippen LogP contribution in [0.15, 0.2) is 24.3 Å². The predicted octanol–water partition coefficient (Wildman–Crippen LogP) is 4.52. The highest BCUT2D eigenvalue weighted by atomic mass is 19.4. The smallest absolute Gasteiger partial charge is 0.171 e. The monoisotopic (exact) mass is 230 g/mol. The lowest BCUT2D eigenvalue weighted by Gasteiger charge is -2.13. The molecule has 1 rings (SSSR count). The molecule has 1 aromatic rings. The van der Waals surface area contributed by atoms with Crippen molar-refractivity contribution in [1.29, 1.82) is 0 Å². The first-order chi connectivity index (χ1) is 7.37. The second kappa shape index (κ2) is 5.37. The van der Waals surface area contributed by atoms with E-state index >= 15 is 0 Å². The Labute approximate surface area is 94.5 Å². The Morgan fingerprint density at radius 2 is 1.94 bits per heavy atom. The fourth-order valence-electron chi connectivity index (χ4n) is 1.75. The van der Waals surface area contributed by atoms with Crippen LogP contribution in [0.4, 0.5) is 13.2 Å². The average molecular weight is 230 g/mol. The highest BCUT2D eigenvalue weighted by molar-refractivity contribution is 5.22. The molecule has 0 aliphatic rings. The van der Waals surface area contributed by atoms with Gasteiger partial charge in [0.15, 0.2) is 0 Å². The van der Waals surface area contributed by atoms with E-state index in [4.69, 9.17) is 0 Å². The first-order valence-electron chi connectivity index (χ1n) is 5.49. The first kappa shape index (κ1) is 13.1. The maximum atomic E-state index is 12.0. The van der Waals surface area contributed by atoms with Crippen molar-refractivity contribution in [2.75, 3.05) is 0 Å². The van der Waals surface area contributed by atoms with Crippen molar-refractivity contribution in [3.05, 3.63) is 35.4 Å². The van der Waals surface area contributed by atoms with Crippen molar-refractivity contribution >= 4 is 0 Å². The van der Waals surface area contributed by atoms with E-state index in [1.54, 1.807) is 0 Å². The van der Waals surface area contributed by atoms with Crippen LogP contribution >= 0.6 is 0 Å². The van der Waals surface area contributed by atoms with E-state index < -0.39 is 12.6 Å². The number of aryl methyl sites for hydroxylation is 1. The van der Waals surface area contributed by atoms with Crippen molar-refractivity contribution in [3.8, 4) is 0 Å². The molecule has 0 nitrogen and oxygen atoms in total. The molecule has 0 saturated heterocycles. The van der Waals surface area contributed by atoms with Gasteiger partial charge in [-0.25, -0.2) is 0 Å². The van der Waals surface area contributed by atoms with Crippen molar-refractivity contribution in [2.24, 2.45) is 5.92 Å². The van der Waals surface area contributed by atoms with Crippen LogP contribution < -0.4 is 0 Å². The topological polar surface area (TPSA) is 0 Å². The van der Waals surface area contributed by atoms with Crippen molar-refractivity contribution in [2.45, 2.75) is 39.3 Å². The molecule has 16 heavy (non-hydrogen) atoms. The van der Waals surface area contributed by atoms with Crippen LogP contribution in [0.2, 0.25) is 0 Å².